The summed E-state index contributed by atoms with van der Waals surface area (Å²) in [4.78, 5) is 27.1. The molecule has 1 aromatic carbocycles. The van der Waals surface area contributed by atoms with Crippen molar-refractivity contribution in [1.29, 1.82) is 0 Å². The molecule has 1 atom stereocenters. The monoisotopic (exact) mass is 343 g/mol. The quantitative estimate of drug-likeness (QED) is 0.896. The Morgan fingerprint density at radius 3 is 2.83 bits per heavy atom. The summed E-state index contributed by atoms with van der Waals surface area (Å²) in [6.45, 7) is 5.10. The molecule has 24 heavy (non-hydrogen) atoms. The third-order valence-electron chi connectivity index (χ3n) is 4.27. The number of rotatable bonds is 4. The normalized spacial score (nSPS) is 17.2. The van der Waals surface area contributed by atoms with Gasteiger partial charge in [0, 0.05) is 23.5 Å². The predicted octanol–water partition coefficient (Wildman–Crippen LogP) is 2.97. The summed E-state index contributed by atoms with van der Waals surface area (Å²) in [5.41, 5.74) is 3.25. The van der Waals surface area contributed by atoms with E-state index in [1.165, 1.54) is 5.56 Å². The molecule has 0 saturated carbocycles. The van der Waals surface area contributed by atoms with E-state index in [-0.39, 0.29) is 18.0 Å². The number of anilines is 1. The summed E-state index contributed by atoms with van der Waals surface area (Å²) in [6.07, 6.45) is 0.333. The maximum atomic E-state index is 12.3. The minimum absolute atomic E-state index is 0.0433. The molecule has 1 aliphatic rings. The van der Waals surface area contributed by atoms with Crippen LogP contribution in [0.4, 0.5) is 10.5 Å². The molecule has 126 valence electrons. The number of nitrogens with one attached hydrogen (secondary N) is 2. The highest BCUT2D eigenvalue weighted by Gasteiger charge is 2.31. The lowest BCUT2D eigenvalue weighted by molar-refractivity contribution is -0.117. The van der Waals surface area contributed by atoms with Crippen LogP contribution in [-0.4, -0.2) is 24.5 Å². The van der Waals surface area contributed by atoms with Gasteiger partial charge in [0.05, 0.1) is 12.6 Å². The SMILES string of the molecule is Cc1ccc(N2CC(NC(=O)NCc3cccs3)CC2=O)cc1C. The van der Waals surface area contributed by atoms with Crippen molar-refractivity contribution >= 4 is 29.0 Å². The number of nitrogens with zero attached hydrogens (tertiary/aromatic N) is 1. The average molecular weight is 343 g/mol. The fraction of sp³-hybridized carbons (Fsp3) is 0.333. The van der Waals surface area contributed by atoms with E-state index in [4.69, 9.17) is 0 Å². The lowest BCUT2D eigenvalue weighted by Gasteiger charge is -2.18. The highest BCUT2D eigenvalue weighted by atomic mass is 32.1. The Hall–Kier alpha value is -2.34. The first-order valence-electron chi connectivity index (χ1n) is 7.97. The van der Waals surface area contributed by atoms with Gasteiger partial charge in [0.2, 0.25) is 5.91 Å². The van der Waals surface area contributed by atoms with Crippen molar-refractivity contribution < 1.29 is 9.59 Å². The summed E-state index contributed by atoms with van der Waals surface area (Å²) in [7, 11) is 0. The Morgan fingerprint density at radius 1 is 1.29 bits per heavy atom. The topological polar surface area (TPSA) is 61.4 Å². The summed E-state index contributed by atoms with van der Waals surface area (Å²) in [6, 6.07) is 9.53. The molecule has 2 heterocycles. The van der Waals surface area contributed by atoms with Crippen molar-refractivity contribution in [3.63, 3.8) is 0 Å². The Morgan fingerprint density at radius 2 is 2.12 bits per heavy atom. The number of carbonyl (C=O) groups is 2. The van der Waals surface area contributed by atoms with E-state index in [0.717, 1.165) is 16.1 Å². The van der Waals surface area contributed by atoms with Crippen LogP contribution >= 0.6 is 11.3 Å². The van der Waals surface area contributed by atoms with Crippen LogP contribution in [0.1, 0.15) is 22.4 Å². The van der Waals surface area contributed by atoms with Gasteiger partial charge in [-0.05, 0) is 48.6 Å². The van der Waals surface area contributed by atoms with Crippen molar-refractivity contribution in [2.75, 3.05) is 11.4 Å². The molecule has 6 heteroatoms. The fourth-order valence-corrected chi connectivity index (χ4v) is 3.41. The van der Waals surface area contributed by atoms with E-state index >= 15 is 0 Å². The molecule has 5 nitrogen and oxygen atoms in total. The zero-order chi connectivity index (χ0) is 17.1. The molecule has 1 saturated heterocycles. The molecule has 0 aliphatic carbocycles. The van der Waals surface area contributed by atoms with Crippen molar-refractivity contribution in [2.24, 2.45) is 0 Å². The maximum absolute atomic E-state index is 12.3. The van der Waals surface area contributed by atoms with Crippen LogP contribution in [0.15, 0.2) is 35.7 Å². The van der Waals surface area contributed by atoms with Gasteiger partial charge in [0.15, 0.2) is 0 Å². The number of benzene rings is 1. The Balaban J connectivity index is 1.56. The predicted molar refractivity (Wildman–Crippen MR) is 96.4 cm³/mol. The summed E-state index contributed by atoms with van der Waals surface area (Å²) in [5, 5.41) is 7.70. The second-order valence-corrected chi connectivity index (χ2v) is 7.11. The Kier molecular flexibility index (Phi) is 4.85. The number of thiophene rings is 1. The number of hydrogen-bond acceptors (Lipinski definition) is 3. The third kappa shape index (κ3) is 3.76. The molecule has 0 radical (unpaired) electrons. The number of amides is 3. The third-order valence-corrected chi connectivity index (χ3v) is 5.14. The van der Waals surface area contributed by atoms with Crippen LogP contribution in [0.3, 0.4) is 0 Å². The van der Waals surface area contributed by atoms with Crippen molar-refractivity contribution in [1.82, 2.24) is 10.6 Å². The molecule has 1 unspecified atom stereocenters. The van der Waals surface area contributed by atoms with Gasteiger partial charge in [-0.25, -0.2) is 4.79 Å². The molecular weight excluding hydrogens is 322 g/mol. The van der Waals surface area contributed by atoms with Crippen LogP contribution in [-0.2, 0) is 11.3 Å². The van der Waals surface area contributed by atoms with E-state index in [9.17, 15) is 9.59 Å². The second-order valence-electron chi connectivity index (χ2n) is 6.08. The van der Waals surface area contributed by atoms with Gasteiger partial charge in [-0.15, -0.1) is 11.3 Å². The van der Waals surface area contributed by atoms with Crippen molar-refractivity contribution in [3.8, 4) is 0 Å². The lowest BCUT2D eigenvalue weighted by atomic mass is 10.1. The molecular formula is C18H21N3O2S. The van der Waals surface area contributed by atoms with Gasteiger partial charge < -0.3 is 15.5 Å². The number of aryl methyl sites for hydroxylation is 2. The molecule has 3 rings (SSSR count). The van der Waals surface area contributed by atoms with Crippen molar-refractivity contribution in [2.45, 2.75) is 32.9 Å². The molecule has 1 aliphatic heterocycles. The van der Waals surface area contributed by atoms with Gasteiger partial charge >= 0.3 is 6.03 Å². The number of hydrogen-bond donors (Lipinski definition) is 2. The fourth-order valence-electron chi connectivity index (χ4n) is 2.76. The van der Waals surface area contributed by atoms with Gasteiger partial charge in [0.1, 0.15) is 0 Å². The van der Waals surface area contributed by atoms with E-state index in [1.54, 1.807) is 16.2 Å². The minimum Gasteiger partial charge on any atom is -0.333 e. The Bertz CT molecular complexity index is 743. The van der Waals surface area contributed by atoms with E-state index in [2.05, 4.69) is 10.6 Å². The van der Waals surface area contributed by atoms with Gasteiger partial charge in [0.25, 0.3) is 0 Å². The highest BCUT2D eigenvalue weighted by Crippen LogP contribution is 2.24. The van der Waals surface area contributed by atoms with E-state index < -0.39 is 0 Å². The average Bonchev–Trinajstić information content (AvgIpc) is 3.18. The van der Waals surface area contributed by atoms with Crippen LogP contribution in [0, 0.1) is 13.8 Å². The molecule has 3 amide bonds. The number of urea groups is 1. The molecule has 0 bridgehead atoms. The standard InChI is InChI=1S/C18H21N3O2S/c1-12-5-6-15(8-13(12)2)21-11-14(9-17(21)22)20-18(23)19-10-16-4-3-7-24-16/h3-8,14H,9-11H2,1-2H3,(H2,19,20,23). The molecule has 1 aromatic heterocycles. The van der Waals surface area contributed by atoms with Crippen molar-refractivity contribution in [3.05, 3.63) is 51.7 Å². The van der Waals surface area contributed by atoms with E-state index in [0.29, 0.717) is 19.5 Å². The lowest BCUT2D eigenvalue weighted by Crippen LogP contribution is -2.43. The van der Waals surface area contributed by atoms with Crippen LogP contribution in [0.5, 0.6) is 0 Å². The van der Waals surface area contributed by atoms with Crippen LogP contribution in [0.25, 0.3) is 0 Å². The Labute approximate surface area is 145 Å². The largest absolute Gasteiger partial charge is 0.333 e. The van der Waals surface area contributed by atoms with Crippen LogP contribution in [0.2, 0.25) is 0 Å². The highest BCUT2D eigenvalue weighted by molar-refractivity contribution is 7.09. The molecule has 0 spiro atoms. The van der Waals surface area contributed by atoms with Gasteiger partial charge in [-0.2, -0.15) is 0 Å². The maximum Gasteiger partial charge on any atom is 0.315 e. The first-order valence-corrected chi connectivity index (χ1v) is 8.85. The second kappa shape index (κ2) is 7.05. The molecule has 2 aromatic rings. The van der Waals surface area contributed by atoms with E-state index in [1.807, 2.05) is 49.6 Å². The molecule has 2 N–H and O–H groups in total. The van der Waals surface area contributed by atoms with Gasteiger partial charge in [-0.1, -0.05) is 12.1 Å². The summed E-state index contributed by atoms with van der Waals surface area (Å²) < 4.78 is 0. The zero-order valence-electron chi connectivity index (χ0n) is 13.8. The number of carbonyl (C=O) groups excluding carboxylic acids is 2. The first kappa shape index (κ1) is 16.5. The zero-order valence-corrected chi connectivity index (χ0v) is 14.7. The smallest absolute Gasteiger partial charge is 0.315 e. The summed E-state index contributed by atoms with van der Waals surface area (Å²) in [5.74, 6) is 0.0433. The summed E-state index contributed by atoms with van der Waals surface area (Å²) >= 11 is 1.60. The minimum atomic E-state index is -0.233. The van der Waals surface area contributed by atoms with Gasteiger partial charge in [-0.3, -0.25) is 4.79 Å². The first-order chi connectivity index (χ1) is 11.5. The van der Waals surface area contributed by atoms with Crippen LogP contribution < -0.4 is 15.5 Å². The molecule has 1 fully saturated rings.